The fourth-order valence-corrected chi connectivity index (χ4v) is 3.42. The molecule has 0 saturated carbocycles. The van der Waals surface area contributed by atoms with Gasteiger partial charge in [-0.1, -0.05) is 41.9 Å². The Morgan fingerprint density at radius 1 is 1.13 bits per heavy atom. The van der Waals surface area contributed by atoms with Crippen LogP contribution in [-0.4, -0.2) is 32.3 Å². The van der Waals surface area contributed by atoms with Crippen LogP contribution in [0, 0.1) is 0 Å². The standard InChI is InChI=1S/C22H24ClN3O4/c1-3-30-21(27)19-18(13-24-12-15-6-4-5-7-17(15)23)25-22(28)26-20(19)14-8-10-16(29-2)11-9-14/h4-11,20,24H,3,12-13H2,1-2H3,(H2,25,26,28)/t20-/m1/s1. The Morgan fingerprint density at radius 3 is 2.53 bits per heavy atom. The fourth-order valence-electron chi connectivity index (χ4n) is 3.22. The molecule has 1 aliphatic rings. The van der Waals surface area contributed by atoms with E-state index in [1.54, 1.807) is 26.2 Å². The van der Waals surface area contributed by atoms with E-state index in [9.17, 15) is 9.59 Å². The minimum Gasteiger partial charge on any atom is -0.497 e. The second-order valence-electron chi connectivity index (χ2n) is 6.61. The highest BCUT2D eigenvalue weighted by Crippen LogP contribution is 2.29. The molecule has 3 rings (SSSR count). The van der Waals surface area contributed by atoms with E-state index in [0.717, 1.165) is 11.1 Å². The van der Waals surface area contributed by atoms with Crippen molar-refractivity contribution in [2.24, 2.45) is 0 Å². The summed E-state index contributed by atoms with van der Waals surface area (Å²) in [7, 11) is 1.58. The molecule has 0 unspecified atom stereocenters. The highest BCUT2D eigenvalue weighted by molar-refractivity contribution is 6.31. The summed E-state index contributed by atoms with van der Waals surface area (Å²) in [5, 5.41) is 9.43. The minimum absolute atomic E-state index is 0.228. The van der Waals surface area contributed by atoms with Gasteiger partial charge in [-0.2, -0.15) is 0 Å². The maximum atomic E-state index is 12.8. The number of carbonyl (C=O) groups is 2. The van der Waals surface area contributed by atoms with Crippen molar-refractivity contribution in [2.45, 2.75) is 19.5 Å². The van der Waals surface area contributed by atoms with Crippen molar-refractivity contribution in [3.63, 3.8) is 0 Å². The molecule has 0 spiro atoms. The van der Waals surface area contributed by atoms with Crippen LogP contribution in [0.15, 0.2) is 59.8 Å². The number of hydrogen-bond acceptors (Lipinski definition) is 5. The lowest BCUT2D eigenvalue weighted by Gasteiger charge is -2.29. The van der Waals surface area contributed by atoms with Crippen molar-refractivity contribution in [2.75, 3.05) is 20.3 Å². The number of urea groups is 1. The summed E-state index contributed by atoms with van der Waals surface area (Å²) >= 11 is 6.20. The van der Waals surface area contributed by atoms with Crippen LogP contribution >= 0.6 is 11.6 Å². The van der Waals surface area contributed by atoms with E-state index in [2.05, 4.69) is 16.0 Å². The summed E-state index contributed by atoms with van der Waals surface area (Å²) in [5.41, 5.74) is 2.49. The van der Waals surface area contributed by atoms with E-state index in [1.807, 2.05) is 36.4 Å². The number of benzene rings is 2. The van der Waals surface area contributed by atoms with Gasteiger partial charge in [0.15, 0.2) is 0 Å². The zero-order valence-electron chi connectivity index (χ0n) is 16.8. The number of hydrogen-bond donors (Lipinski definition) is 3. The molecule has 2 aromatic carbocycles. The molecule has 30 heavy (non-hydrogen) atoms. The number of nitrogens with one attached hydrogen (secondary N) is 3. The first kappa shape index (κ1) is 21.7. The van der Waals surface area contributed by atoms with Gasteiger partial charge in [-0.3, -0.25) is 0 Å². The number of methoxy groups -OCH3 is 1. The van der Waals surface area contributed by atoms with Gasteiger partial charge in [-0.15, -0.1) is 0 Å². The number of carbonyl (C=O) groups excluding carboxylic acids is 2. The molecule has 8 heteroatoms. The van der Waals surface area contributed by atoms with Crippen molar-refractivity contribution in [1.82, 2.24) is 16.0 Å². The first-order valence-electron chi connectivity index (χ1n) is 9.59. The third-order valence-corrected chi connectivity index (χ3v) is 5.04. The topological polar surface area (TPSA) is 88.7 Å². The molecule has 0 fully saturated rings. The van der Waals surface area contributed by atoms with Crippen molar-refractivity contribution in [1.29, 1.82) is 0 Å². The molecular formula is C22H24ClN3O4. The van der Waals surface area contributed by atoms with E-state index < -0.39 is 18.0 Å². The normalized spacial score (nSPS) is 16.0. The van der Waals surface area contributed by atoms with Gasteiger partial charge in [0, 0.05) is 23.8 Å². The monoisotopic (exact) mass is 429 g/mol. The lowest BCUT2D eigenvalue weighted by Crippen LogP contribution is -2.48. The summed E-state index contributed by atoms with van der Waals surface area (Å²) in [6.07, 6.45) is 0. The van der Waals surface area contributed by atoms with Crippen LogP contribution in [0.25, 0.3) is 0 Å². The fraction of sp³-hybridized carbons (Fsp3) is 0.273. The van der Waals surface area contributed by atoms with Gasteiger partial charge in [0.2, 0.25) is 0 Å². The Bertz CT molecular complexity index is 944. The Hall–Kier alpha value is -3.03. The van der Waals surface area contributed by atoms with E-state index >= 15 is 0 Å². The molecule has 0 bridgehead atoms. The molecule has 158 valence electrons. The third kappa shape index (κ3) is 5.11. The van der Waals surface area contributed by atoms with E-state index in [4.69, 9.17) is 21.1 Å². The van der Waals surface area contributed by atoms with Gasteiger partial charge in [-0.25, -0.2) is 9.59 Å². The van der Waals surface area contributed by atoms with Gasteiger partial charge in [0.25, 0.3) is 0 Å². The molecule has 3 N–H and O–H groups in total. The third-order valence-electron chi connectivity index (χ3n) is 4.67. The maximum Gasteiger partial charge on any atom is 0.338 e. The number of rotatable bonds is 8. The first-order chi connectivity index (χ1) is 14.5. The van der Waals surface area contributed by atoms with Crippen LogP contribution in [0.1, 0.15) is 24.1 Å². The van der Waals surface area contributed by atoms with Crippen molar-refractivity contribution in [3.05, 3.63) is 76.0 Å². The largest absolute Gasteiger partial charge is 0.497 e. The molecule has 1 aliphatic heterocycles. The maximum absolute atomic E-state index is 12.8. The molecule has 0 radical (unpaired) electrons. The highest BCUT2D eigenvalue weighted by atomic mass is 35.5. The van der Waals surface area contributed by atoms with Gasteiger partial charge < -0.3 is 25.4 Å². The first-order valence-corrected chi connectivity index (χ1v) is 9.97. The molecule has 0 saturated heterocycles. The van der Waals surface area contributed by atoms with Gasteiger partial charge in [0.1, 0.15) is 5.75 Å². The summed E-state index contributed by atoms with van der Waals surface area (Å²) in [5.74, 6) is 0.197. The second kappa shape index (κ2) is 10.1. The van der Waals surface area contributed by atoms with Gasteiger partial charge >= 0.3 is 12.0 Å². The molecule has 1 atom stereocenters. The average molecular weight is 430 g/mol. The number of amides is 2. The van der Waals surface area contributed by atoms with E-state index in [0.29, 0.717) is 28.6 Å². The van der Waals surface area contributed by atoms with Crippen molar-refractivity contribution in [3.8, 4) is 5.75 Å². The molecule has 1 heterocycles. The molecule has 0 aliphatic carbocycles. The molecule has 7 nitrogen and oxygen atoms in total. The van der Waals surface area contributed by atoms with Crippen molar-refractivity contribution >= 4 is 23.6 Å². The number of halogens is 1. The number of esters is 1. The molecule has 2 aromatic rings. The summed E-state index contributed by atoms with van der Waals surface area (Å²) in [6.45, 7) is 2.71. The lowest BCUT2D eigenvalue weighted by atomic mass is 9.95. The SMILES string of the molecule is CCOC(=O)C1=C(CNCc2ccccc2Cl)NC(=O)N[C@@H]1c1ccc(OC)cc1. The summed E-state index contributed by atoms with van der Waals surface area (Å²) < 4.78 is 10.5. The molecule has 0 aromatic heterocycles. The van der Waals surface area contributed by atoms with E-state index in [1.165, 1.54) is 0 Å². The lowest BCUT2D eigenvalue weighted by molar-refractivity contribution is -0.139. The highest BCUT2D eigenvalue weighted by Gasteiger charge is 2.33. The minimum atomic E-state index is -0.638. The van der Waals surface area contributed by atoms with Gasteiger partial charge in [-0.05, 0) is 36.2 Å². The van der Waals surface area contributed by atoms with Crippen LogP contribution in [0.4, 0.5) is 4.79 Å². The Kier molecular flexibility index (Phi) is 7.32. The Morgan fingerprint density at radius 2 is 1.87 bits per heavy atom. The molecular weight excluding hydrogens is 406 g/mol. The summed E-state index contributed by atoms with van der Waals surface area (Å²) in [6, 6.07) is 13.6. The molecule has 2 amide bonds. The van der Waals surface area contributed by atoms with Crippen LogP contribution in [-0.2, 0) is 16.1 Å². The van der Waals surface area contributed by atoms with Crippen molar-refractivity contribution < 1.29 is 19.1 Å². The Labute approximate surface area is 180 Å². The zero-order chi connectivity index (χ0) is 21.5. The second-order valence-corrected chi connectivity index (χ2v) is 7.02. The smallest absolute Gasteiger partial charge is 0.338 e. The Balaban J connectivity index is 1.88. The van der Waals surface area contributed by atoms with Crippen LogP contribution in [0.5, 0.6) is 5.75 Å². The zero-order valence-corrected chi connectivity index (χ0v) is 17.6. The average Bonchev–Trinajstić information content (AvgIpc) is 2.75. The van der Waals surface area contributed by atoms with E-state index in [-0.39, 0.29) is 13.2 Å². The summed E-state index contributed by atoms with van der Waals surface area (Å²) in [4.78, 5) is 25.1. The van der Waals surface area contributed by atoms with Crippen LogP contribution in [0.3, 0.4) is 0 Å². The quantitative estimate of drug-likeness (QED) is 0.560. The van der Waals surface area contributed by atoms with Crippen LogP contribution in [0.2, 0.25) is 5.02 Å². The number of ether oxygens (including phenoxy) is 2. The predicted molar refractivity (Wildman–Crippen MR) is 114 cm³/mol. The van der Waals surface area contributed by atoms with Crippen LogP contribution < -0.4 is 20.7 Å². The van der Waals surface area contributed by atoms with Gasteiger partial charge in [0.05, 0.1) is 25.3 Å². The predicted octanol–water partition coefficient (Wildman–Crippen LogP) is 3.31.